The van der Waals surface area contributed by atoms with E-state index in [1.54, 1.807) is 6.07 Å². The fourth-order valence-corrected chi connectivity index (χ4v) is 2.79. The highest BCUT2D eigenvalue weighted by atomic mass is 79.9. The maximum atomic E-state index is 12.1. The first-order valence-corrected chi connectivity index (χ1v) is 7.76. The van der Waals surface area contributed by atoms with Crippen LogP contribution in [0, 0.1) is 12.8 Å². The molecule has 1 aliphatic heterocycles. The van der Waals surface area contributed by atoms with Crippen LogP contribution in [0.3, 0.4) is 0 Å². The standard InChI is InChI=1S/C15H18BrN3O3/c1-8(2)13-14(21)19(15(22)18-13)7-12(20)17-11-5-4-9(3)6-10(11)16/h4-6,8,13H,7H2,1-3H3,(H,17,20)(H,18,22). The molecular formula is C15H18BrN3O3. The van der Waals surface area contributed by atoms with Gasteiger partial charge in [0, 0.05) is 4.47 Å². The second-order valence-electron chi connectivity index (χ2n) is 5.63. The van der Waals surface area contributed by atoms with E-state index in [0.29, 0.717) is 5.69 Å². The van der Waals surface area contributed by atoms with E-state index in [0.717, 1.165) is 14.9 Å². The third kappa shape index (κ3) is 3.47. The molecule has 1 heterocycles. The van der Waals surface area contributed by atoms with Gasteiger partial charge in [-0.2, -0.15) is 0 Å². The molecule has 0 aromatic heterocycles. The van der Waals surface area contributed by atoms with Crippen LogP contribution in [0.2, 0.25) is 0 Å². The van der Waals surface area contributed by atoms with Crippen LogP contribution in [0.4, 0.5) is 10.5 Å². The Morgan fingerprint density at radius 3 is 2.64 bits per heavy atom. The number of rotatable bonds is 4. The molecule has 0 spiro atoms. The van der Waals surface area contributed by atoms with Crippen molar-refractivity contribution in [1.29, 1.82) is 0 Å². The number of carbonyl (C=O) groups is 3. The number of carbonyl (C=O) groups excluding carboxylic acids is 3. The van der Waals surface area contributed by atoms with E-state index in [1.165, 1.54) is 0 Å². The summed E-state index contributed by atoms with van der Waals surface area (Å²) < 4.78 is 0.748. The zero-order valence-electron chi connectivity index (χ0n) is 12.6. The zero-order chi connectivity index (χ0) is 16.4. The van der Waals surface area contributed by atoms with Crippen molar-refractivity contribution < 1.29 is 14.4 Å². The van der Waals surface area contributed by atoms with Crippen molar-refractivity contribution in [2.45, 2.75) is 26.8 Å². The summed E-state index contributed by atoms with van der Waals surface area (Å²) in [6.07, 6.45) is 0. The van der Waals surface area contributed by atoms with Crippen molar-refractivity contribution >= 4 is 39.5 Å². The highest BCUT2D eigenvalue weighted by Gasteiger charge is 2.40. The Morgan fingerprint density at radius 1 is 1.41 bits per heavy atom. The lowest BCUT2D eigenvalue weighted by molar-refractivity contribution is -0.131. The van der Waals surface area contributed by atoms with E-state index in [9.17, 15) is 14.4 Å². The van der Waals surface area contributed by atoms with Gasteiger partial charge >= 0.3 is 6.03 Å². The van der Waals surface area contributed by atoms with Crippen LogP contribution in [-0.4, -0.2) is 35.3 Å². The largest absolute Gasteiger partial charge is 0.326 e. The molecular weight excluding hydrogens is 350 g/mol. The van der Waals surface area contributed by atoms with Crippen molar-refractivity contribution in [3.8, 4) is 0 Å². The van der Waals surface area contributed by atoms with E-state index in [2.05, 4.69) is 26.6 Å². The molecule has 0 aliphatic carbocycles. The van der Waals surface area contributed by atoms with E-state index in [-0.39, 0.29) is 18.4 Å². The molecule has 1 unspecified atom stereocenters. The van der Waals surface area contributed by atoms with E-state index < -0.39 is 18.0 Å². The Balaban J connectivity index is 2.03. The second kappa shape index (κ2) is 6.48. The van der Waals surface area contributed by atoms with Gasteiger partial charge in [-0.3, -0.25) is 14.5 Å². The lowest BCUT2D eigenvalue weighted by atomic mass is 10.1. The normalized spacial score (nSPS) is 17.9. The first-order valence-electron chi connectivity index (χ1n) is 6.97. The number of amides is 4. The van der Waals surface area contributed by atoms with Gasteiger partial charge in [-0.15, -0.1) is 0 Å². The summed E-state index contributed by atoms with van der Waals surface area (Å²) in [4.78, 5) is 36.9. The van der Waals surface area contributed by atoms with Gasteiger partial charge in [0.1, 0.15) is 12.6 Å². The predicted octanol–water partition coefficient (Wildman–Crippen LogP) is 2.27. The number of urea groups is 1. The van der Waals surface area contributed by atoms with Crippen LogP contribution in [0.25, 0.3) is 0 Å². The SMILES string of the molecule is Cc1ccc(NC(=O)CN2C(=O)NC(C(C)C)C2=O)c(Br)c1. The maximum absolute atomic E-state index is 12.1. The summed E-state index contributed by atoms with van der Waals surface area (Å²) in [5.41, 5.74) is 1.65. The third-order valence-corrected chi connectivity index (χ3v) is 4.08. The molecule has 6 nitrogen and oxygen atoms in total. The monoisotopic (exact) mass is 367 g/mol. The number of nitrogens with zero attached hydrogens (tertiary/aromatic N) is 1. The molecule has 2 N–H and O–H groups in total. The van der Waals surface area contributed by atoms with Crippen LogP contribution in [0.15, 0.2) is 22.7 Å². The predicted molar refractivity (Wildman–Crippen MR) is 86.4 cm³/mol. The minimum atomic E-state index is -0.564. The van der Waals surface area contributed by atoms with Crippen LogP contribution < -0.4 is 10.6 Å². The molecule has 2 rings (SSSR count). The molecule has 1 fully saturated rings. The average Bonchev–Trinajstić information content (AvgIpc) is 2.70. The first-order chi connectivity index (χ1) is 10.3. The van der Waals surface area contributed by atoms with E-state index in [1.807, 2.05) is 32.9 Å². The van der Waals surface area contributed by atoms with Gasteiger partial charge in [0.15, 0.2) is 0 Å². The molecule has 7 heteroatoms. The highest BCUT2D eigenvalue weighted by molar-refractivity contribution is 9.10. The number of hydrogen-bond donors (Lipinski definition) is 2. The quantitative estimate of drug-likeness (QED) is 0.801. The zero-order valence-corrected chi connectivity index (χ0v) is 14.2. The summed E-state index contributed by atoms with van der Waals surface area (Å²) in [6, 6.07) is 4.41. The van der Waals surface area contributed by atoms with Gasteiger partial charge < -0.3 is 10.6 Å². The van der Waals surface area contributed by atoms with Crippen LogP contribution >= 0.6 is 15.9 Å². The van der Waals surface area contributed by atoms with Gasteiger partial charge in [-0.25, -0.2) is 4.79 Å². The van der Waals surface area contributed by atoms with Gasteiger partial charge in [0.05, 0.1) is 5.69 Å². The molecule has 1 aliphatic rings. The fourth-order valence-electron chi connectivity index (χ4n) is 2.20. The minimum absolute atomic E-state index is 0.0178. The molecule has 118 valence electrons. The summed E-state index contributed by atoms with van der Waals surface area (Å²) in [6.45, 7) is 5.33. The molecule has 4 amide bonds. The van der Waals surface area contributed by atoms with Crippen molar-refractivity contribution in [1.82, 2.24) is 10.2 Å². The Labute approximate surface area is 137 Å². The molecule has 22 heavy (non-hydrogen) atoms. The third-order valence-electron chi connectivity index (χ3n) is 3.42. The number of benzene rings is 1. The van der Waals surface area contributed by atoms with Crippen LogP contribution in [-0.2, 0) is 9.59 Å². The summed E-state index contributed by atoms with van der Waals surface area (Å²) in [5, 5.41) is 5.28. The lowest BCUT2D eigenvalue weighted by Gasteiger charge is -2.15. The van der Waals surface area contributed by atoms with Crippen LogP contribution in [0.5, 0.6) is 0 Å². The first kappa shape index (κ1) is 16.5. The number of halogens is 1. The van der Waals surface area contributed by atoms with Crippen LogP contribution in [0.1, 0.15) is 19.4 Å². The Kier molecular flexibility index (Phi) is 4.85. The Bertz CT molecular complexity index is 630. The smallest absolute Gasteiger partial charge is 0.325 e. The topological polar surface area (TPSA) is 78.5 Å². The number of aryl methyl sites for hydroxylation is 1. The average molecular weight is 368 g/mol. The Hall–Kier alpha value is -1.89. The van der Waals surface area contributed by atoms with Crippen molar-refractivity contribution in [3.63, 3.8) is 0 Å². The summed E-state index contributed by atoms with van der Waals surface area (Å²) in [5.74, 6) is -0.800. The molecule has 1 atom stereocenters. The molecule has 1 saturated heterocycles. The molecule has 1 aromatic rings. The van der Waals surface area contributed by atoms with Crippen molar-refractivity contribution in [2.24, 2.45) is 5.92 Å². The van der Waals surface area contributed by atoms with Gasteiger partial charge in [0.2, 0.25) is 5.91 Å². The minimum Gasteiger partial charge on any atom is -0.326 e. The van der Waals surface area contributed by atoms with Gasteiger partial charge in [-0.05, 0) is 46.5 Å². The number of anilines is 1. The maximum Gasteiger partial charge on any atom is 0.325 e. The summed E-state index contributed by atoms with van der Waals surface area (Å²) in [7, 11) is 0. The van der Waals surface area contributed by atoms with E-state index in [4.69, 9.17) is 0 Å². The second-order valence-corrected chi connectivity index (χ2v) is 6.48. The van der Waals surface area contributed by atoms with Crippen molar-refractivity contribution in [3.05, 3.63) is 28.2 Å². The Morgan fingerprint density at radius 2 is 2.09 bits per heavy atom. The summed E-state index contributed by atoms with van der Waals surface area (Å²) >= 11 is 3.37. The molecule has 0 radical (unpaired) electrons. The van der Waals surface area contributed by atoms with E-state index >= 15 is 0 Å². The molecule has 0 saturated carbocycles. The van der Waals surface area contributed by atoms with Gasteiger partial charge in [0.25, 0.3) is 5.91 Å². The molecule has 1 aromatic carbocycles. The number of nitrogens with one attached hydrogen (secondary N) is 2. The number of imide groups is 1. The fraction of sp³-hybridized carbons (Fsp3) is 0.400. The van der Waals surface area contributed by atoms with Gasteiger partial charge in [-0.1, -0.05) is 19.9 Å². The number of hydrogen-bond acceptors (Lipinski definition) is 3. The lowest BCUT2D eigenvalue weighted by Crippen LogP contribution is -2.39. The van der Waals surface area contributed by atoms with Crippen molar-refractivity contribution in [2.75, 3.05) is 11.9 Å². The molecule has 0 bridgehead atoms. The highest BCUT2D eigenvalue weighted by Crippen LogP contribution is 2.23.